The first-order valence-corrected chi connectivity index (χ1v) is 11.6. The number of rotatable bonds is 5. The lowest BCUT2D eigenvalue weighted by Crippen LogP contribution is -2.44. The Balaban J connectivity index is 1.46. The van der Waals surface area contributed by atoms with Crippen LogP contribution in [0.3, 0.4) is 0 Å². The minimum Gasteiger partial charge on any atom is -0.497 e. The Labute approximate surface area is 207 Å². The molecule has 0 aromatic heterocycles. The lowest BCUT2D eigenvalue weighted by atomic mass is 9.83. The number of imide groups is 1. The molecule has 0 saturated carbocycles. The summed E-state index contributed by atoms with van der Waals surface area (Å²) in [5.74, 6) is -1.37. The van der Waals surface area contributed by atoms with Crippen LogP contribution in [0, 0.1) is 11.8 Å². The number of anilines is 1. The molecule has 2 fully saturated rings. The fourth-order valence-electron chi connectivity index (χ4n) is 5.58. The number of benzene rings is 3. The van der Waals surface area contributed by atoms with Gasteiger partial charge in [0.05, 0.1) is 44.0 Å². The van der Waals surface area contributed by atoms with Gasteiger partial charge >= 0.3 is 0 Å². The van der Waals surface area contributed by atoms with Crippen molar-refractivity contribution in [3.05, 3.63) is 89.5 Å². The van der Waals surface area contributed by atoms with Gasteiger partial charge in [-0.1, -0.05) is 24.3 Å². The van der Waals surface area contributed by atoms with E-state index in [4.69, 9.17) is 9.47 Å². The zero-order valence-electron chi connectivity index (χ0n) is 19.7. The number of carbonyl (C=O) groups excluding carboxylic acids is 3. The summed E-state index contributed by atoms with van der Waals surface area (Å²) in [5, 5.41) is 6.25. The topological polar surface area (TPSA) is 88.5 Å². The molecule has 3 aromatic rings. The predicted octanol–water partition coefficient (Wildman–Crippen LogP) is 3.47. The van der Waals surface area contributed by atoms with Crippen LogP contribution in [-0.4, -0.2) is 49.1 Å². The molecule has 8 nitrogen and oxygen atoms in total. The number of hydrogen-bond acceptors (Lipinski definition) is 7. The van der Waals surface area contributed by atoms with Crippen molar-refractivity contribution in [3.63, 3.8) is 0 Å². The van der Waals surface area contributed by atoms with Gasteiger partial charge in [-0.15, -0.1) is 0 Å². The summed E-state index contributed by atoms with van der Waals surface area (Å²) >= 11 is 0. The van der Waals surface area contributed by atoms with Crippen molar-refractivity contribution in [2.75, 3.05) is 19.1 Å². The first-order chi connectivity index (χ1) is 17.5. The summed E-state index contributed by atoms with van der Waals surface area (Å²) < 4.78 is 10.4. The molecular formula is C28H23N3O5. The number of fused-ring (bicyclic) bond motifs is 5. The van der Waals surface area contributed by atoms with E-state index in [-0.39, 0.29) is 11.7 Å². The molecule has 0 aliphatic carbocycles. The van der Waals surface area contributed by atoms with Crippen molar-refractivity contribution in [1.29, 1.82) is 0 Å². The van der Waals surface area contributed by atoms with E-state index in [2.05, 4.69) is 5.10 Å². The van der Waals surface area contributed by atoms with Crippen molar-refractivity contribution < 1.29 is 23.9 Å². The van der Waals surface area contributed by atoms with Crippen molar-refractivity contribution in [2.45, 2.75) is 12.1 Å². The van der Waals surface area contributed by atoms with Gasteiger partial charge in [0, 0.05) is 5.56 Å². The fraction of sp³-hybridized carbons (Fsp3) is 0.214. The molecule has 8 heteroatoms. The van der Waals surface area contributed by atoms with Gasteiger partial charge in [0.1, 0.15) is 17.5 Å². The average Bonchev–Trinajstić information content (AvgIpc) is 3.40. The molecule has 3 aliphatic heterocycles. The number of ketones is 1. The van der Waals surface area contributed by atoms with Crippen molar-refractivity contribution >= 4 is 29.5 Å². The van der Waals surface area contributed by atoms with E-state index in [1.165, 1.54) is 4.90 Å². The maximum atomic E-state index is 13.9. The van der Waals surface area contributed by atoms with Crippen LogP contribution in [0.1, 0.15) is 27.5 Å². The Morgan fingerprint density at radius 2 is 1.42 bits per heavy atom. The van der Waals surface area contributed by atoms with Crippen molar-refractivity contribution in [2.24, 2.45) is 16.9 Å². The highest BCUT2D eigenvalue weighted by Crippen LogP contribution is 2.53. The second-order valence-electron chi connectivity index (χ2n) is 9.00. The summed E-state index contributed by atoms with van der Waals surface area (Å²) in [6, 6.07) is 19.7. The van der Waals surface area contributed by atoms with E-state index in [0.717, 1.165) is 11.1 Å². The fourth-order valence-corrected chi connectivity index (χ4v) is 5.58. The molecular weight excluding hydrogens is 458 g/mol. The van der Waals surface area contributed by atoms with E-state index < -0.39 is 29.8 Å². The number of amides is 2. The predicted molar refractivity (Wildman–Crippen MR) is 132 cm³/mol. The number of hydrazone groups is 1. The standard InChI is InChI=1S/C28H23N3O5/c1-35-19-11-7-16(8-12-19)26(32)25-23-22(24-21-6-4-3-5-17(21)15-29-31(24)25)27(33)30(28(23)34)18-9-13-20(36-2)14-10-18/h3-15,22-25H,1-2H3/t22-,23+,24+,25+/m0/s1. The maximum Gasteiger partial charge on any atom is 0.240 e. The molecule has 0 bridgehead atoms. The number of methoxy groups -OCH3 is 2. The summed E-state index contributed by atoms with van der Waals surface area (Å²) in [6.45, 7) is 0. The molecule has 2 amide bonds. The summed E-state index contributed by atoms with van der Waals surface area (Å²) in [7, 11) is 3.11. The van der Waals surface area contributed by atoms with Crippen LogP contribution in [-0.2, 0) is 9.59 Å². The van der Waals surface area contributed by atoms with Gasteiger partial charge in [-0.25, -0.2) is 4.90 Å². The second kappa shape index (κ2) is 8.34. The number of hydrogen-bond donors (Lipinski definition) is 0. The van der Waals surface area contributed by atoms with Gasteiger partial charge < -0.3 is 9.47 Å². The van der Waals surface area contributed by atoms with Crippen LogP contribution in [0.2, 0.25) is 0 Å². The Bertz CT molecular complexity index is 1400. The van der Waals surface area contributed by atoms with Crippen molar-refractivity contribution in [1.82, 2.24) is 5.01 Å². The highest BCUT2D eigenvalue weighted by atomic mass is 16.5. The molecule has 0 N–H and O–H groups in total. The molecule has 2 saturated heterocycles. The first-order valence-electron chi connectivity index (χ1n) is 11.6. The molecule has 3 aliphatic rings. The molecule has 36 heavy (non-hydrogen) atoms. The van der Waals surface area contributed by atoms with Crippen LogP contribution < -0.4 is 14.4 Å². The molecule has 180 valence electrons. The van der Waals surface area contributed by atoms with Crippen LogP contribution in [0.15, 0.2) is 77.9 Å². The third kappa shape index (κ3) is 3.14. The lowest BCUT2D eigenvalue weighted by molar-refractivity contribution is -0.124. The molecule has 4 atom stereocenters. The third-order valence-electron chi connectivity index (χ3n) is 7.27. The Kier molecular flexibility index (Phi) is 5.10. The van der Waals surface area contributed by atoms with Gasteiger partial charge in [-0.3, -0.25) is 19.4 Å². The molecule has 0 unspecified atom stereocenters. The van der Waals surface area contributed by atoms with Gasteiger partial charge in [0.25, 0.3) is 0 Å². The minimum atomic E-state index is -0.919. The number of nitrogens with zero attached hydrogens (tertiary/aromatic N) is 3. The van der Waals surface area contributed by atoms with E-state index in [0.29, 0.717) is 22.7 Å². The normalized spacial score (nSPS) is 23.8. The maximum absolute atomic E-state index is 13.9. The number of ether oxygens (including phenoxy) is 2. The van der Waals surface area contributed by atoms with Gasteiger partial charge in [-0.2, -0.15) is 5.10 Å². The van der Waals surface area contributed by atoms with Crippen molar-refractivity contribution in [3.8, 4) is 11.5 Å². The van der Waals surface area contributed by atoms with Gasteiger partial charge in [-0.05, 0) is 59.7 Å². The third-order valence-corrected chi connectivity index (χ3v) is 7.27. The first kappa shape index (κ1) is 22.0. The average molecular weight is 482 g/mol. The Morgan fingerprint density at radius 3 is 2.08 bits per heavy atom. The van der Waals surface area contributed by atoms with Gasteiger partial charge in [0.2, 0.25) is 11.8 Å². The summed E-state index contributed by atoms with van der Waals surface area (Å²) in [6.07, 6.45) is 1.69. The zero-order valence-corrected chi connectivity index (χ0v) is 19.7. The van der Waals surface area contributed by atoms with E-state index in [9.17, 15) is 14.4 Å². The van der Waals surface area contributed by atoms with E-state index in [1.807, 2.05) is 24.3 Å². The van der Waals surface area contributed by atoms with Crippen LogP contribution >= 0.6 is 0 Å². The minimum absolute atomic E-state index is 0.260. The summed E-state index contributed by atoms with van der Waals surface area (Å²) in [5.41, 5.74) is 2.64. The highest BCUT2D eigenvalue weighted by molar-refractivity contribution is 6.24. The molecule has 6 rings (SSSR count). The molecule has 0 radical (unpaired) electrons. The van der Waals surface area contributed by atoms with Gasteiger partial charge in [0.15, 0.2) is 5.78 Å². The zero-order chi connectivity index (χ0) is 25.0. The van der Waals surface area contributed by atoms with Crippen LogP contribution in [0.4, 0.5) is 5.69 Å². The largest absolute Gasteiger partial charge is 0.497 e. The quantitative estimate of drug-likeness (QED) is 0.410. The van der Waals surface area contributed by atoms with Crippen LogP contribution in [0.25, 0.3) is 0 Å². The molecule has 0 spiro atoms. The smallest absolute Gasteiger partial charge is 0.240 e. The number of Topliss-reactive ketones (excluding diaryl/α,β-unsaturated/α-hetero) is 1. The Hall–Kier alpha value is -4.46. The second-order valence-corrected chi connectivity index (χ2v) is 9.00. The Morgan fingerprint density at radius 1 is 0.806 bits per heavy atom. The molecule has 3 heterocycles. The molecule has 3 aromatic carbocycles. The monoisotopic (exact) mass is 481 g/mol. The van der Waals surface area contributed by atoms with Crippen LogP contribution in [0.5, 0.6) is 11.5 Å². The SMILES string of the molecule is COc1ccc(C(=O)[C@H]2[C@@H]3C(=O)N(c4ccc(OC)cc4)C(=O)[C@@H]3[C@H]3c4ccccc4C=NN32)cc1. The lowest BCUT2D eigenvalue weighted by Gasteiger charge is -2.33. The van der Waals surface area contributed by atoms with E-state index >= 15 is 0 Å². The highest BCUT2D eigenvalue weighted by Gasteiger charge is 2.65. The van der Waals surface area contributed by atoms with E-state index in [1.54, 1.807) is 74.0 Å². The number of carbonyl (C=O) groups is 3. The summed E-state index contributed by atoms with van der Waals surface area (Å²) in [4.78, 5) is 42.8.